The van der Waals surface area contributed by atoms with E-state index in [0.717, 1.165) is 0 Å². The minimum atomic E-state index is 0. The van der Waals surface area contributed by atoms with Crippen LogP contribution in [0.15, 0.2) is 0 Å². The van der Waals surface area contributed by atoms with Crippen LogP contribution in [-0.2, 0) is 39.4 Å². The second-order valence-corrected chi connectivity index (χ2v) is 0. The van der Waals surface area contributed by atoms with Crippen LogP contribution in [-0.4, -0.2) is 80.1 Å². The first-order valence-electron chi connectivity index (χ1n) is 0. The van der Waals surface area contributed by atoms with Crippen LogP contribution in [0.2, 0.25) is 0 Å². The van der Waals surface area contributed by atoms with E-state index in [4.69, 9.17) is 0 Å². The van der Waals surface area contributed by atoms with E-state index in [9.17, 15) is 0 Å². The molecular formula is H13AgAlCuGaInSSe. The van der Waals surface area contributed by atoms with Gasteiger partial charge in [-0.3, -0.25) is 0 Å². The van der Waals surface area contributed by atoms with Gasteiger partial charge < -0.3 is 0 Å². The van der Waals surface area contributed by atoms with Gasteiger partial charge in [-0.25, -0.2) is 0 Å². The fourth-order valence-electron chi connectivity index (χ4n) is 0. The van der Waals surface area contributed by atoms with Crippen molar-refractivity contribution in [2.45, 2.75) is 0 Å². The first-order valence-corrected chi connectivity index (χ1v) is 0. The zero-order valence-corrected chi connectivity index (χ0v) is 7.13. The standard InChI is InChI=1S/Ag.Al.Cu.Ga.In.H2S.H2Se.9H/h;;;;;2*1H2;;;;;;;;;. The van der Waals surface area contributed by atoms with E-state index in [1.54, 1.807) is 0 Å². The van der Waals surface area contributed by atoms with Gasteiger partial charge in [0.2, 0.25) is 0 Å². The van der Waals surface area contributed by atoms with Crippen molar-refractivity contribution in [1.29, 1.82) is 0 Å². The molecule has 0 heterocycles. The van der Waals surface area contributed by atoms with Crippen LogP contribution < -0.4 is 0 Å². The second kappa shape index (κ2) is 49.2. The molecule has 0 aliphatic rings. The maximum absolute atomic E-state index is 0. The van der Waals surface area contributed by atoms with E-state index in [1.165, 1.54) is 0 Å². The summed E-state index contributed by atoms with van der Waals surface area (Å²) < 4.78 is 0. The average Bonchev–Trinajstić information content (AvgIpc) is 0. The van der Waals surface area contributed by atoms with Crippen molar-refractivity contribution in [2.75, 3.05) is 0 Å². The molecule has 0 saturated carbocycles. The Kier molecular flexibility index (Phi) is 467. The van der Waals surface area contributed by atoms with Gasteiger partial charge in [0.25, 0.3) is 0 Å². The Balaban J connectivity index is 0. The third kappa shape index (κ3) is 39.0. The summed E-state index contributed by atoms with van der Waals surface area (Å²) in [5, 5.41) is 0. The molecule has 0 aromatic heterocycles. The molecule has 0 atom stereocenters. The van der Waals surface area contributed by atoms with E-state index in [-0.39, 0.29) is 133 Å². The molecule has 0 rings (SSSR count). The van der Waals surface area contributed by atoms with Crippen molar-refractivity contribution in [3.8, 4) is 0 Å². The third-order valence-electron chi connectivity index (χ3n) is 0. The first-order chi connectivity index (χ1) is 0. The quantitative estimate of drug-likeness (QED) is 0.291. The Hall–Kier alpha value is 4.17. The summed E-state index contributed by atoms with van der Waals surface area (Å²) in [5.74, 6) is 0. The van der Waals surface area contributed by atoms with Crippen LogP contribution in [0.4, 0.5) is 0 Å². The predicted octanol–water partition coefficient (Wildman–Crippen LogP) is -4.36. The van der Waals surface area contributed by atoms with Gasteiger partial charge in [-0.2, -0.15) is 13.5 Å². The van der Waals surface area contributed by atoms with Crippen molar-refractivity contribution in [3.05, 3.63) is 0 Å². The Labute approximate surface area is 130 Å². The van der Waals surface area contributed by atoms with E-state index in [1.807, 2.05) is 0 Å². The molecule has 0 spiro atoms. The molecule has 2 radical (unpaired) electrons. The summed E-state index contributed by atoms with van der Waals surface area (Å²) in [4.78, 5) is 0. The van der Waals surface area contributed by atoms with Gasteiger partial charge >= 0.3 is 62.7 Å². The van der Waals surface area contributed by atoms with E-state index < -0.39 is 0 Å². The monoisotopic (exact) mass is 506 g/mol. The number of hydrogen-bond donors (Lipinski definition) is 0. The molecule has 0 fully saturated rings. The third-order valence-corrected chi connectivity index (χ3v) is 0. The van der Waals surface area contributed by atoms with Crippen molar-refractivity contribution >= 4 is 93.6 Å². The zero-order valence-electron chi connectivity index (χ0n) is 1.60. The van der Waals surface area contributed by atoms with Crippen LogP contribution in [0.25, 0.3) is 0 Å². The molecule has 0 bridgehead atoms. The maximum atomic E-state index is 0. The molecule has 7 heavy (non-hydrogen) atoms. The Morgan fingerprint density at radius 1 is 1.00 bits per heavy atom. The van der Waals surface area contributed by atoms with Gasteiger partial charge in [0.05, 0.1) is 0 Å². The zero-order chi connectivity index (χ0) is 0. The first kappa shape index (κ1) is 66.5. The molecule has 0 N–H and O–H groups in total. The van der Waals surface area contributed by atoms with Crippen molar-refractivity contribution < 1.29 is 39.4 Å². The molecule has 0 aromatic rings. The van der Waals surface area contributed by atoms with Crippen molar-refractivity contribution in [3.63, 3.8) is 0 Å². The summed E-state index contributed by atoms with van der Waals surface area (Å²) in [5.41, 5.74) is 0. The molecule has 0 amide bonds. The summed E-state index contributed by atoms with van der Waals surface area (Å²) in [6, 6.07) is 0. The number of rotatable bonds is 0. The summed E-state index contributed by atoms with van der Waals surface area (Å²) in [6.45, 7) is 0. The molecule has 7 heteroatoms. The molecule has 0 nitrogen and oxygen atoms in total. The van der Waals surface area contributed by atoms with Crippen LogP contribution in [0.3, 0.4) is 0 Å². The molecule has 56 valence electrons. The molecule has 0 saturated heterocycles. The van der Waals surface area contributed by atoms with Crippen LogP contribution in [0.5, 0.6) is 0 Å². The van der Waals surface area contributed by atoms with Gasteiger partial charge in [-0.05, 0) is 0 Å². The number of hydrogen-bond acceptors (Lipinski definition) is 0. The summed E-state index contributed by atoms with van der Waals surface area (Å²) in [7, 11) is 0. The Morgan fingerprint density at radius 2 is 1.00 bits per heavy atom. The topological polar surface area (TPSA) is 0 Å². The van der Waals surface area contributed by atoms with Gasteiger partial charge in [-0.1, -0.05) is 0 Å². The van der Waals surface area contributed by atoms with Gasteiger partial charge in [0, 0.05) is 39.4 Å². The fraction of sp³-hybridized carbons (Fsp3) is 0. The summed E-state index contributed by atoms with van der Waals surface area (Å²) in [6.07, 6.45) is 0. The van der Waals surface area contributed by atoms with Gasteiger partial charge in [0.15, 0.2) is 17.4 Å². The van der Waals surface area contributed by atoms with Crippen LogP contribution in [0, 0.1) is 0 Å². The average molecular weight is 507 g/mol. The minimum absolute atomic E-state index is 0. The fourth-order valence-corrected chi connectivity index (χ4v) is 0. The molecular weight excluding hydrogens is 494 g/mol. The molecule has 0 unspecified atom stereocenters. The van der Waals surface area contributed by atoms with Crippen LogP contribution >= 0.6 is 13.5 Å². The van der Waals surface area contributed by atoms with E-state index in [2.05, 4.69) is 0 Å². The second-order valence-electron chi connectivity index (χ2n) is 0. The molecule has 0 aromatic carbocycles. The van der Waals surface area contributed by atoms with Crippen molar-refractivity contribution in [1.82, 2.24) is 0 Å². The van der Waals surface area contributed by atoms with Gasteiger partial charge in [0.1, 0.15) is 0 Å². The summed E-state index contributed by atoms with van der Waals surface area (Å²) >= 11 is 0. The Morgan fingerprint density at radius 3 is 1.00 bits per heavy atom. The van der Waals surface area contributed by atoms with E-state index in [0.29, 0.717) is 0 Å². The van der Waals surface area contributed by atoms with Crippen molar-refractivity contribution in [2.24, 2.45) is 0 Å². The SMILES string of the molecule is S.[Ag].[AlH3].[Cu].[GaH3].[InH3].[SeH2]. The normalized spacial score (nSPS) is 0. The van der Waals surface area contributed by atoms with Crippen LogP contribution in [0.1, 0.15) is 0 Å². The Bertz CT molecular complexity index is 19.7. The van der Waals surface area contributed by atoms with Gasteiger partial charge in [-0.15, -0.1) is 0 Å². The predicted molar refractivity (Wildman–Crippen MR) is 48.7 cm³/mol. The molecule has 0 aliphatic carbocycles. The molecule has 0 aliphatic heterocycles. The van der Waals surface area contributed by atoms with E-state index >= 15 is 0 Å².